The van der Waals surface area contributed by atoms with Gasteiger partial charge in [-0.05, 0) is 36.8 Å². The maximum atomic E-state index is 13.0. The zero-order valence-electron chi connectivity index (χ0n) is 17.7. The smallest absolute Gasteiger partial charge is 0.338 e. The molecule has 10 nitrogen and oxygen atoms in total. The Morgan fingerprint density at radius 3 is 2.47 bits per heavy atom. The molecule has 32 heavy (non-hydrogen) atoms. The number of aromatic nitrogens is 3. The van der Waals surface area contributed by atoms with Gasteiger partial charge in [0.25, 0.3) is 11.8 Å². The van der Waals surface area contributed by atoms with Crippen LogP contribution in [0, 0.1) is 6.92 Å². The zero-order chi connectivity index (χ0) is 23.0. The first-order valence-corrected chi connectivity index (χ1v) is 9.69. The molecule has 3 aromatic rings. The molecule has 0 saturated carbocycles. The fraction of sp³-hybridized carbons (Fsp3) is 0.182. The molecule has 1 aliphatic rings. The number of benzene rings is 2. The fourth-order valence-corrected chi connectivity index (χ4v) is 3.30. The zero-order valence-corrected chi connectivity index (χ0v) is 17.7. The van der Waals surface area contributed by atoms with Gasteiger partial charge in [0.1, 0.15) is 0 Å². The summed E-state index contributed by atoms with van der Waals surface area (Å²) in [6, 6.07) is 11.4. The summed E-state index contributed by atoms with van der Waals surface area (Å²) in [6.45, 7) is 1.59. The van der Waals surface area contributed by atoms with E-state index in [1.165, 1.54) is 18.2 Å². The van der Waals surface area contributed by atoms with Gasteiger partial charge in [0.2, 0.25) is 11.9 Å². The maximum Gasteiger partial charge on any atom is 0.338 e. The monoisotopic (exact) mass is 432 g/mol. The van der Waals surface area contributed by atoms with Gasteiger partial charge in [-0.3, -0.25) is 9.59 Å². The quantitative estimate of drug-likeness (QED) is 0.475. The number of hydrogen-bond acceptors (Lipinski definition) is 9. The number of nitrogens with two attached hydrogens (primary N) is 1. The Hall–Kier alpha value is -4.34. The number of anilines is 3. The summed E-state index contributed by atoms with van der Waals surface area (Å²) in [5.74, 6) is -1.08. The Kier molecular flexibility index (Phi) is 5.27. The molecule has 0 unspecified atom stereocenters. The Morgan fingerprint density at radius 1 is 1.03 bits per heavy atom. The van der Waals surface area contributed by atoms with Gasteiger partial charge in [0, 0.05) is 14.1 Å². The molecule has 0 aliphatic carbocycles. The largest absolute Gasteiger partial charge is 0.454 e. The maximum absolute atomic E-state index is 13.0. The van der Waals surface area contributed by atoms with E-state index < -0.39 is 17.8 Å². The van der Waals surface area contributed by atoms with E-state index >= 15 is 0 Å². The molecule has 1 aliphatic heterocycles. The third-order valence-electron chi connectivity index (χ3n) is 4.90. The van der Waals surface area contributed by atoms with Crippen molar-refractivity contribution in [1.29, 1.82) is 0 Å². The Bertz CT molecular complexity index is 1260. The van der Waals surface area contributed by atoms with Crippen molar-refractivity contribution in [3.8, 4) is 0 Å². The van der Waals surface area contributed by atoms with E-state index in [4.69, 9.17) is 10.5 Å². The van der Waals surface area contributed by atoms with Crippen LogP contribution in [0.2, 0.25) is 0 Å². The Balaban J connectivity index is 1.55. The third kappa shape index (κ3) is 3.73. The second kappa shape index (κ2) is 8.06. The van der Waals surface area contributed by atoms with E-state index in [-0.39, 0.29) is 35.1 Å². The number of rotatable bonds is 5. The third-order valence-corrected chi connectivity index (χ3v) is 4.90. The number of hydrogen-bond donors (Lipinski definition) is 1. The van der Waals surface area contributed by atoms with Crippen molar-refractivity contribution >= 4 is 35.4 Å². The van der Waals surface area contributed by atoms with Crippen LogP contribution in [-0.4, -0.2) is 46.8 Å². The number of carbonyl (C=O) groups excluding carboxylic acids is 3. The van der Waals surface area contributed by atoms with Crippen LogP contribution in [0.15, 0.2) is 42.5 Å². The molecule has 2 amide bonds. The van der Waals surface area contributed by atoms with Crippen molar-refractivity contribution in [3.05, 3.63) is 70.5 Å². The minimum atomic E-state index is -0.687. The standard InChI is InChI=1S/C22H20N6O4/c1-12-6-4-5-7-16(12)28-18(29)14-9-8-13(10-15(14)19(28)30)20(31)32-11-17-24-21(23)26-22(25-17)27(2)3/h4-10H,11H2,1-3H3,(H2,23,24,25,26). The summed E-state index contributed by atoms with van der Waals surface area (Å²) >= 11 is 0. The van der Waals surface area contributed by atoms with Gasteiger partial charge in [-0.15, -0.1) is 0 Å². The molecule has 162 valence electrons. The summed E-state index contributed by atoms with van der Waals surface area (Å²) in [6.07, 6.45) is 0. The van der Waals surface area contributed by atoms with Gasteiger partial charge in [-0.1, -0.05) is 18.2 Å². The number of carbonyl (C=O) groups is 3. The number of nitrogen functional groups attached to an aromatic ring is 1. The van der Waals surface area contributed by atoms with Crippen LogP contribution in [0.5, 0.6) is 0 Å². The summed E-state index contributed by atoms with van der Waals surface area (Å²) in [5, 5.41) is 0. The van der Waals surface area contributed by atoms with Gasteiger partial charge in [0.05, 0.1) is 22.4 Å². The van der Waals surface area contributed by atoms with Crippen molar-refractivity contribution < 1.29 is 19.1 Å². The normalized spacial score (nSPS) is 12.7. The molecule has 0 spiro atoms. The van der Waals surface area contributed by atoms with Gasteiger partial charge in [-0.25, -0.2) is 9.69 Å². The van der Waals surface area contributed by atoms with E-state index in [1.54, 1.807) is 31.1 Å². The minimum Gasteiger partial charge on any atom is -0.454 e. The summed E-state index contributed by atoms with van der Waals surface area (Å²) in [4.78, 5) is 53.2. The number of esters is 1. The van der Waals surface area contributed by atoms with Crippen LogP contribution in [-0.2, 0) is 11.3 Å². The molecule has 0 saturated heterocycles. The first kappa shape index (κ1) is 20.9. The first-order valence-electron chi connectivity index (χ1n) is 9.69. The number of amides is 2. The van der Waals surface area contributed by atoms with Crippen molar-refractivity contribution in [2.24, 2.45) is 0 Å². The van der Waals surface area contributed by atoms with Crippen LogP contribution in [0.4, 0.5) is 17.6 Å². The van der Waals surface area contributed by atoms with E-state index in [1.807, 2.05) is 19.1 Å². The lowest BCUT2D eigenvalue weighted by Gasteiger charge is -2.16. The van der Waals surface area contributed by atoms with E-state index in [0.717, 1.165) is 10.5 Å². The van der Waals surface area contributed by atoms with Crippen molar-refractivity contribution in [2.45, 2.75) is 13.5 Å². The van der Waals surface area contributed by atoms with Gasteiger partial charge in [0.15, 0.2) is 12.4 Å². The van der Waals surface area contributed by atoms with Gasteiger partial charge < -0.3 is 15.4 Å². The number of fused-ring (bicyclic) bond motifs is 1. The Morgan fingerprint density at radius 2 is 1.75 bits per heavy atom. The summed E-state index contributed by atoms with van der Waals surface area (Å²) in [7, 11) is 3.49. The van der Waals surface area contributed by atoms with Crippen LogP contribution in [0.1, 0.15) is 42.5 Å². The Labute approximate surface area is 183 Å². The SMILES string of the molecule is Cc1ccccc1N1C(=O)c2ccc(C(=O)OCc3nc(N)nc(N(C)C)n3)cc2C1=O. The lowest BCUT2D eigenvalue weighted by Crippen LogP contribution is -2.29. The predicted molar refractivity (Wildman–Crippen MR) is 116 cm³/mol. The van der Waals surface area contributed by atoms with Crippen LogP contribution < -0.4 is 15.5 Å². The second-order valence-corrected chi connectivity index (χ2v) is 7.37. The minimum absolute atomic E-state index is 0.00712. The lowest BCUT2D eigenvalue weighted by atomic mass is 10.1. The molecule has 2 heterocycles. The highest BCUT2D eigenvalue weighted by Gasteiger charge is 2.37. The van der Waals surface area contributed by atoms with Gasteiger partial charge >= 0.3 is 5.97 Å². The highest BCUT2D eigenvalue weighted by Crippen LogP contribution is 2.31. The van der Waals surface area contributed by atoms with E-state index in [0.29, 0.717) is 11.6 Å². The molecule has 2 N–H and O–H groups in total. The summed E-state index contributed by atoms with van der Waals surface area (Å²) < 4.78 is 5.28. The van der Waals surface area contributed by atoms with Crippen molar-refractivity contribution in [3.63, 3.8) is 0 Å². The number of para-hydroxylation sites is 1. The molecule has 4 rings (SSSR count). The van der Waals surface area contributed by atoms with Crippen molar-refractivity contribution in [1.82, 2.24) is 15.0 Å². The molecular formula is C22H20N6O4. The molecular weight excluding hydrogens is 412 g/mol. The number of aryl methyl sites for hydroxylation is 1. The average Bonchev–Trinajstić information content (AvgIpc) is 3.01. The molecule has 10 heteroatoms. The topological polar surface area (TPSA) is 132 Å². The number of nitrogens with zero attached hydrogens (tertiary/aromatic N) is 5. The average molecular weight is 432 g/mol. The molecule has 0 atom stereocenters. The van der Waals surface area contributed by atoms with Crippen LogP contribution >= 0.6 is 0 Å². The molecule has 2 aromatic carbocycles. The highest BCUT2D eigenvalue weighted by atomic mass is 16.5. The summed E-state index contributed by atoms with van der Waals surface area (Å²) in [5.41, 5.74) is 7.47. The molecule has 0 radical (unpaired) electrons. The highest BCUT2D eigenvalue weighted by molar-refractivity contribution is 6.34. The van der Waals surface area contributed by atoms with E-state index in [9.17, 15) is 14.4 Å². The van der Waals surface area contributed by atoms with Crippen LogP contribution in [0.3, 0.4) is 0 Å². The number of imide groups is 1. The fourth-order valence-electron chi connectivity index (χ4n) is 3.30. The lowest BCUT2D eigenvalue weighted by molar-refractivity contribution is 0.0462. The predicted octanol–water partition coefficient (Wildman–Crippen LogP) is 1.99. The molecule has 0 fully saturated rings. The van der Waals surface area contributed by atoms with Crippen molar-refractivity contribution in [2.75, 3.05) is 29.6 Å². The molecule has 1 aromatic heterocycles. The van der Waals surface area contributed by atoms with E-state index in [2.05, 4.69) is 15.0 Å². The second-order valence-electron chi connectivity index (χ2n) is 7.37. The van der Waals surface area contributed by atoms with Crippen LogP contribution in [0.25, 0.3) is 0 Å². The van der Waals surface area contributed by atoms with Gasteiger partial charge in [-0.2, -0.15) is 15.0 Å². The molecule has 0 bridgehead atoms. The number of ether oxygens (including phenoxy) is 1. The first-order chi connectivity index (χ1) is 15.3.